The second-order valence-corrected chi connectivity index (χ2v) is 6.57. The van der Waals surface area contributed by atoms with Gasteiger partial charge in [0, 0.05) is 18.1 Å². The third-order valence-electron chi connectivity index (χ3n) is 4.22. The third-order valence-corrected chi connectivity index (χ3v) is 4.22. The zero-order valence-electron chi connectivity index (χ0n) is 15.3. The van der Waals surface area contributed by atoms with Crippen molar-refractivity contribution in [1.82, 2.24) is 9.13 Å². The van der Waals surface area contributed by atoms with Gasteiger partial charge in [-0.3, -0.25) is 19.0 Å². The molecule has 138 valence electrons. The van der Waals surface area contributed by atoms with E-state index in [2.05, 4.69) is 5.32 Å². The predicted molar refractivity (Wildman–Crippen MR) is 105 cm³/mol. The van der Waals surface area contributed by atoms with Gasteiger partial charge in [-0.05, 0) is 37.1 Å². The number of hydrogen-bond acceptors (Lipinski definition) is 3. The first-order valence-electron chi connectivity index (χ1n) is 8.64. The van der Waals surface area contributed by atoms with Gasteiger partial charge in [0.05, 0.1) is 6.54 Å². The molecule has 1 N–H and O–H groups in total. The number of anilines is 1. The Morgan fingerprint density at radius 3 is 2.26 bits per heavy atom. The number of rotatable bonds is 5. The van der Waals surface area contributed by atoms with Crippen LogP contribution in [0.5, 0.6) is 0 Å². The van der Waals surface area contributed by atoms with Crippen molar-refractivity contribution in [2.24, 2.45) is 0 Å². The molecule has 0 aliphatic heterocycles. The van der Waals surface area contributed by atoms with Crippen LogP contribution in [0.1, 0.15) is 16.7 Å². The Bertz CT molecular complexity index is 1080. The molecule has 6 nitrogen and oxygen atoms in total. The van der Waals surface area contributed by atoms with Crippen LogP contribution in [-0.4, -0.2) is 15.0 Å². The van der Waals surface area contributed by atoms with E-state index in [-0.39, 0.29) is 12.5 Å². The van der Waals surface area contributed by atoms with Crippen LogP contribution in [0.3, 0.4) is 0 Å². The zero-order chi connectivity index (χ0) is 19.4. The van der Waals surface area contributed by atoms with Crippen LogP contribution < -0.4 is 16.4 Å². The second-order valence-electron chi connectivity index (χ2n) is 6.57. The fourth-order valence-corrected chi connectivity index (χ4v) is 2.76. The van der Waals surface area contributed by atoms with Crippen LogP contribution in [-0.2, 0) is 17.9 Å². The van der Waals surface area contributed by atoms with Gasteiger partial charge in [-0.1, -0.05) is 42.0 Å². The minimum atomic E-state index is -0.719. The largest absolute Gasteiger partial charge is 0.325 e. The van der Waals surface area contributed by atoms with Crippen LogP contribution in [0.4, 0.5) is 5.69 Å². The molecule has 6 heteroatoms. The monoisotopic (exact) mass is 363 g/mol. The van der Waals surface area contributed by atoms with Crippen molar-refractivity contribution < 1.29 is 4.79 Å². The molecule has 1 amide bonds. The number of carbonyl (C=O) groups is 1. The summed E-state index contributed by atoms with van der Waals surface area (Å²) in [6, 6.07) is 15.1. The minimum Gasteiger partial charge on any atom is -0.325 e. The highest BCUT2D eigenvalue weighted by atomic mass is 16.2. The van der Waals surface area contributed by atoms with Gasteiger partial charge in [0.25, 0.3) is 0 Å². The highest BCUT2D eigenvalue weighted by Gasteiger charge is 2.10. The SMILES string of the molecule is Cc1ccc(Cn2ccn(CC(=O)Nc3cccc(C)c3)c(=O)c2=O)cc1. The smallest absolute Gasteiger partial charge is 0.316 e. The van der Waals surface area contributed by atoms with Crippen LogP contribution in [0.25, 0.3) is 0 Å². The number of nitrogens with zero attached hydrogens (tertiary/aromatic N) is 2. The van der Waals surface area contributed by atoms with E-state index in [9.17, 15) is 14.4 Å². The molecule has 0 saturated carbocycles. The summed E-state index contributed by atoms with van der Waals surface area (Å²) in [4.78, 5) is 36.9. The van der Waals surface area contributed by atoms with Crippen molar-refractivity contribution in [3.05, 3.63) is 98.3 Å². The first-order valence-corrected chi connectivity index (χ1v) is 8.64. The maximum absolute atomic E-state index is 12.3. The Morgan fingerprint density at radius 1 is 0.889 bits per heavy atom. The first-order chi connectivity index (χ1) is 12.9. The first kappa shape index (κ1) is 18.4. The van der Waals surface area contributed by atoms with Crippen LogP contribution >= 0.6 is 0 Å². The summed E-state index contributed by atoms with van der Waals surface area (Å²) in [5, 5.41) is 2.73. The zero-order valence-corrected chi connectivity index (χ0v) is 15.3. The Hall–Kier alpha value is -3.41. The van der Waals surface area contributed by atoms with Gasteiger partial charge in [-0.2, -0.15) is 0 Å². The van der Waals surface area contributed by atoms with Gasteiger partial charge in [0.2, 0.25) is 5.91 Å². The average Bonchev–Trinajstić information content (AvgIpc) is 2.63. The van der Waals surface area contributed by atoms with Gasteiger partial charge in [-0.25, -0.2) is 0 Å². The number of carbonyl (C=O) groups excluding carboxylic acids is 1. The van der Waals surface area contributed by atoms with E-state index >= 15 is 0 Å². The molecule has 0 aliphatic carbocycles. The van der Waals surface area contributed by atoms with Crippen molar-refractivity contribution in [3.8, 4) is 0 Å². The Labute approximate surface area is 156 Å². The van der Waals surface area contributed by atoms with E-state index in [4.69, 9.17) is 0 Å². The molecule has 3 rings (SSSR count). The number of amides is 1. The highest BCUT2D eigenvalue weighted by molar-refractivity contribution is 5.90. The van der Waals surface area contributed by atoms with E-state index in [0.29, 0.717) is 12.2 Å². The molecule has 0 saturated heterocycles. The quantitative estimate of drug-likeness (QED) is 0.707. The molecule has 1 heterocycles. The highest BCUT2D eigenvalue weighted by Crippen LogP contribution is 2.09. The van der Waals surface area contributed by atoms with Gasteiger partial charge in [0.1, 0.15) is 6.54 Å². The Balaban J connectivity index is 1.74. The summed E-state index contributed by atoms with van der Waals surface area (Å²) >= 11 is 0. The maximum atomic E-state index is 12.3. The molecule has 2 aromatic carbocycles. The Kier molecular flexibility index (Phi) is 5.35. The summed E-state index contributed by atoms with van der Waals surface area (Å²) in [6.07, 6.45) is 3.00. The summed E-state index contributed by atoms with van der Waals surface area (Å²) in [5.74, 6) is -0.363. The van der Waals surface area contributed by atoms with Crippen molar-refractivity contribution in [2.75, 3.05) is 5.32 Å². The lowest BCUT2D eigenvalue weighted by Crippen LogP contribution is -2.42. The number of hydrogen-bond donors (Lipinski definition) is 1. The fraction of sp³-hybridized carbons (Fsp3) is 0.190. The Morgan fingerprint density at radius 2 is 1.56 bits per heavy atom. The standard InChI is InChI=1S/C21H21N3O3/c1-15-6-8-17(9-7-15)13-23-10-11-24(21(27)20(23)26)14-19(25)22-18-5-3-4-16(2)12-18/h3-12H,13-14H2,1-2H3,(H,22,25). The van der Waals surface area contributed by atoms with Crippen LogP contribution in [0.2, 0.25) is 0 Å². The topological polar surface area (TPSA) is 73.1 Å². The van der Waals surface area contributed by atoms with Crippen LogP contribution in [0.15, 0.2) is 70.5 Å². The summed E-state index contributed by atoms with van der Waals surface area (Å²) < 4.78 is 2.47. The molecule has 0 radical (unpaired) electrons. The van der Waals surface area contributed by atoms with E-state index in [0.717, 1.165) is 21.3 Å². The molecule has 0 unspecified atom stereocenters. The van der Waals surface area contributed by atoms with Gasteiger partial charge >= 0.3 is 11.1 Å². The number of benzene rings is 2. The normalized spacial score (nSPS) is 10.6. The maximum Gasteiger partial charge on any atom is 0.316 e. The molecular weight excluding hydrogens is 342 g/mol. The van der Waals surface area contributed by atoms with Crippen LogP contribution in [0, 0.1) is 13.8 Å². The van der Waals surface area contributed by atoms with Crippen molar-refractivity contribution in [2.45, 2.75) is 26.9 Å². The molecule has 0 atom stereocenters. The summed E-state index contributed by atoms with van der Waals surface area (Å²) in [5.41, 5.74) is 2.35. The van der Waals surface area contributed by atoms with E-state index in [1.54, 1.807) is 6.07 Å². The molecule has 0 fully saturated rings. The molecular formula is C21H21N3O3. The molecule has 0 bridgehead atoms. The number of nitrogens with one attached hydrogen (secondary N) is 1. The predicted octanol–water partition coefficient (Wildman–Crippen LogP) is 2.31. The van der Waals surface area contributed by atoms with Gasteiger partial charge in [-0.15, -0.1) is 0 Å². The number of aryl methyl sites for hydroxylation is 2. The summed E-state index contributed by atoms with van der Waals surface area (Å²) in [6.45, 7) is 4.00. The molecule has 1 aromatic heterocycles. The van der Waals surface area contributed by atoms with E-state index in [1.165, 1.54) is 17.0 Å². The van der Waals surface area contributed by atoms with E-state index in [1.807, 2.05) is 56.3 Å². The lowest BCUT2D eigenvalue weighted by molar-refractivity contribution is -0.116. The molecule has 3 aromatic rings. The molecule has 0 spiro atoms. The molecule has 27 heavy (non-hydrogen) atoms. The minimum absolute atomic E-state index is 0.215. The van der Waals surface area contributed by atoms with Gasteiger partial charge in [0.15, 0.2) is 0 Å². The average molecular weight is 363 g/mol. The number of aromatic nitrogens is 2. The summed E-state index contributed by atoms with van der Waals surface area (Å²) in [7, 11) is 0. The van der Waals surface area contributed by atoms with Gasteiger partial charge < -0.3 is 9.88 Å². The van der Waals surface area contributed by atoms with E-state index < -0.39 is 11.1 Å². The fourth-order valence-electron chi connectivity index (χ4n) is 2.76. The lowest BCUT2D eigenvalue weighted by atomic mass is 10.1. The van der Waals surface area contributed by atoms with Crippen molar-refractivity contribution in [1.29, 1.82) is 0 Å². The van der Waals surface area contributed by atoms with Crippen molar-refractivity contribution in [3.63, 3.8) is 0 Å². The lowest BCUT2D eigenvalue weighted by Gasteiger charge is -2.10. The second kappa shape index (κ2) is 7.86. The third kappa shape index (κ3) is 4.61. The molecule has 0 aliphatic rings. The van der Waals surface area contributed by atoms with Crippen molar-refractivity contribution >= 4 is 11.6 Å².